The van der Waals surface area contributed by atoms with Gasteiger partial charge in [-0.1, -0.05) is 11.6 Å². The van der Waals surface area contributed by atoms with Gasteiger partial charge in [-0.3, -0.25) is 9.69 Å². The van der Waals surface area contributed by atoms with Crippen LogP contribution in [0.15, 0.2) is 22.7 Å². The van der Waals surface area contributed by atoms with E-state index < -0.39 is 0 Å². The second-order valence-corrected chi connectivity index (χ2v) is 6.04. The minimum atomic E-state index is 0.112. The highest BCUT2D eigenvalue weighted by Crippen LogP contribution is 2.20. The molecule has 1 amide bonds. The molecule has 0 atom stereocenters. The number of alkyl halides is 1. The zero-order valence-corrected chi connectivity index (χ0v) is 13.4. The van der Waals surface area contributed by atoms with Crippen molar-refractivity contribution in [2.75, 3.05) is 38.6 Å². The van der Waals surface area contributed by atoms with Crippen LogP contribution in [0.5, 0.6) is 0 Å². The maximum atomic E-state index is 12.5. The van der Waals surface area contributed by atoms with Crippen molar-refractivity contribution in [1.82, 2.24) is 9.80 Å². The molecular weight excluding hydrogens is 328 g/mol. The van der Waals surface area contributed by atoms with Crippen molar-refractivity contribution in [2.45, 2.75) is 6.92 Å². The standard InChI is InChI=1S/C14H18BrClN2O/c1-11-2-3-13(15)12(10-11)14(19)18-8-6-17(5-4-16)7-9-18/h2-3,10H,4-9H2,1H3. The van der Waals surface area contributed by atoms with Crippen LogP contribution in [0.1, 0.15) is 15.9 Å². The zero-order chi connectivity index (χ0) is 13.8. The van der Waals surface area contributed by atoms with Crippen LogP contribution in [-0.4, -0.2) is 54.3 Å². The van der Waals surface area contributed by atoms with Crippen LogP contribution in [-0.2, 0) is 0 Å². The van der Waals surface area contributed by atoms with Crippen molar-refractivity contribution in [1.29, 1.82) is 0 Å². The number of benzene rings is 1. The van der Waals surface area contributed by atoms with Crippen molar-refractivity contribution in [3.63, 3.8) is 0 Å². The monoisotopic (exact) mass is 344 g/mol. The van der Waals surface area contributed by atoms with Gasteiger partial charge in [-0.15, -0.1) is 11.6 Å². The Kier molecular flexibility index (Phi) is 5.25. The van der Waals surface area contributed by atoms with Crippen LogP contribution in [0.4, 0.5) is 0 Å². The van der Waals surface area contributed by atoms with E-state index in [9.17, 15) is 4.79 Å². The molecule has 1 fully saturated rings. The molecule has 0 aromatic heterocycles. The van der Waals surface area contributed by atoms with E-state index in [2.05, 4.69) is 20.8 Å². The molecule has 0 spiro atoms. The Morgan fingerprint density at radius 2 is 2.00 bits per heavy atom. The molecule has 0 aliphatic carbocycles. The largest absolute Gasteiger partial charge is 0.336 e. The third-order valence-electron chi connectivity index (χ3n) is 3.41. The highest BCUT2D eigenvalue weighted by atomic mass is 79.9. The molecule has 0 saturated carbocycles. The van der Waals surface area contributed by atoms with Crippen LogP contribution in [0, 0.1) is 6.92 Å². The van der Waals surface area contributed by atoms with Gasteiger partial charge in [-0.05, 0) is 35.0 Å². The summed E-state index contributed by atoms with van der Waals surface area (Å²) < 4.78 is 0.867. The van der Waals surface area contributed by atoms with Crippen LogP contribution in [0.2, 0.25) is 0 Å². The fourth-order valence-corrected chi connectivity index (χ4v) is 2.92. The lowest BCUT2D eigenvalue weighted by molar-refractivity contribution is 0.0643. The van der Waals surface area contributed by atoms with E-state index in [1.807, 2.05) is 30.0 Å². The number of halogens is 2. The van der Waals surface area contributed by atoms with Crippen molar-refractivity contribution in [3.8, 4) is 0 Å². The zero-order valence-electron chi connectivity index (χ0n) is 11.0. The van der Waals surface area contributed by atoms with Gasteiger partial charge in [0, 0.05) is 43.1 Å². The summed E-state index contributed by atoms with van der Waals surface area (Å²) in [6.07, 6.45) is 0. The molecule has 1 aliphatic heterocycles. The van der Waals surface area contributed by atoms with E-state index >= 15 is 0 Å². The highest BCUT2D eigenvalue weighted by molar-refractivity contribution is 9.10. The van der Waals surface area contributed by atoms with Gasteiger partial charge < -0.3 is 4.90 Å². The maximum Gasteiger partial charge on any atom is 0.255 e. The smallest absolute Gasteiger partial charge is 0.255 e. The highest BCUT2D eigenvalue weighted by Gasteiger charge is 2.23. The predicted octanol–water partition coefficient (Wildman–Crippen LogP) is 2.75. The molecule has 5 heteroatoms. The summed E-state index contributed by atoms with van der Waals surface area (Å²) in [5.41, 5.74) is 1.86. The molecular formula is C14H18BrClN2O. The molecule has 0 N–H and O–H groups in total. The second kappa shape index (κ2) is 6.73. The molecule has 0 radical (unpaired) electrons. The summed E-state index contributed by atoms with van der Waals surface area (Å²) in [4.78, 5) is 16.7. The Balaban J connectivity index is 2.03. The number of hydrogen-bond donors (Lipinski definition) is 0. The fraction of sp³-hybridized carbons (Fsp3) is 0.500. The van der Waals surface area contributed by atoms with Crippen LogP contribution in [0.25, 0.3) is 0 Å². The molecule has 1 aromatic rings. The van der Waals surface area contributed by atoms with Crippen molar-refractivity contribution >= 4 is 33.4 Å². The van der Waals surface area contributed by atoms with Crippen molar-refractivity contribution in [2.24, 2.45) is 0 Å². The number of aryl methyl sites for hydroxylation is 1. The number of piperazine rings is 1. The van der Waals surface area contributed by atoms with Gasteiger partial charge in [0.15, 0.2) is 0 Å². The van der Waals surface area contributed by atoms with E-state index in [0.717, 1.165) is 48.3 Å². The molecule has 1 aliphatic rings. The third-order valence-corrected chi connectivity index (χ3v) is 4.27. The minimum absolute atomic E-state index is 0.112. The van der Waals surface area contributed by atoms with Gasteiger partial charge in [-0.25, -0.2) is 0 Å². The first-order valence-electron chi connectivity index (χ1n) is 6.45. The first-order valence-corrected chi connectivity index (χ1v) is 7.78. The van der Waals surface area contributed by atoms with Gasteiger partial charge in [0.25, 0.3) is 5.91 Å². The quantitative estimate of drug-likeness (QED) is 0.787. The number of nitrogens with zero attached hydrogens (tertiary/aromatic N) is 2. The summed E-state index contributed by atoms with van der Waals surface area (Å²) in [6, 6.07) is 5.88. The maximum absolute atomic E-state index is 12.5. The van der Waals surface area contributed by atoms with Gasteiger partial charge in [-0.2, -0.15) is 0 Å². The second-order valence-electron chi connectivity index (χ2n) is 4.81. The third kappa shape index (κ3) is 3.71. The number of carbonyl (C=O) groups is 1. The van der Waals surface area contributed by atoms with Crippen LogP contribution < -0.4 is 0 Å². The Morgan fingerprint density at radius 3 is 2.63 bits per heavy atom. The number of amides is 1. The molecule has 3 nitrogen and oxygen atoms in total. The molecule has 1 saturated heterocycles. The van der Waals surface area contributed by atoms with E-state index in [4.69, 9.17) is 11.6 Å². The molecule has 1 heterocycles. The van der Waals surface area contributed by atoms with Crippen molar-refractivity contribution in [3.05, 3.63) is 33.8 Å². The predicted molar refractivity (Wildman–Crippen MR) is 81.9 cm³/mol. The number of carbonyl (C=O) groups excluding carboxylic acids is 1. The van der Waals surface area contributed by atoms with Crippen molar-refractivity contribution < 1.29 is 4.79 Å². The minimum Gasteiger partial charge on any atom is -0.336 e. The van der Waals surface area contributed by atoms with Gasteiger partial charge in [0.05, 0.1) is 5.56 Å². The Morgan fingerprint density at radius 1 is 1.32 bits per heavy atom. The normalized spacial score (nSPS) is 16.7. The Bertz CT molecular complexity index is 459. The molecule has 0 bridgehead atoms. The Hall–Kier alpha value is -0.580. The average molecular weight is 346 g/mol. The molecule has 19 heavy (non-hydrogen) atoms. The topological polar surface area (TPSA) is 23.6 Å². The summed E-state index contributed by atoms with van der Waals surface area (Å²) in [5, 5.41) is 0. The summed E-state index contributed by atoms with van der Waals surface area (Å²) in [6.45, 7) is 6.26. The fourth-order valence-electron chi connectivity index (χ4n) is 2.27. The molecule has 0 unspecified atom stereocenters. The molecule has 1 aromatic carbocycles. The van der Waals surface area contributed by atoms with E-state index in [1.165, 1.54) is 0 Å². The molecule has 104 valence electrons. The summed E-state index contributed by atoms with van der Waals surface area (Å²) >= 11 is 9.20. The van der Waals surface area contributed by atoms with Gasteiger partial charge in [0.1, 0.15) is 0 Å². The average Bonchev–Trinajstić information content (AvgIpc) is 2.42. The van der Waals surface area contributed by atoms with E-state index in [0.29, 0.717) is 5.88 Å². The van der Waals surface area contributed by atoms with Gasteiger partial charge >= 0.3 is 0 Å². The van der Waals surface area contributed by atoms with Crippen LogP contribution in [0.3, 0.4) is 0 Å². The SMILES string of the molecule is Cc1ccc(Br)c(C(=O)N2CCN(CCCl)CC2)c1. The first-order chi connectivity index (χ1) is 9.11. The van der Waals surface area contributed by atoms with Gasteiger partial charge in [0.2, 0.25) is 0 Å². The lowest BCUT2D eigenvalue weighted by Crippen LogP contribution is -2.49. The van der Waals surface area contributed by atoms with E-state index in [1.54, 1.807) is 0 Å². The van der Waals surface area contributed by atoms with E-state index in [-0.39, 0.29) is 5.91 Å². The van der Waals surface area contributed by atoms with Crippen LogP contribution >= 0.6 is 27.5 Å². The number of hydrogen-bond acceptors (Lipinski definition) is 2. The molecule has 2 rings (SSSR count). The summed E-state index contributed by atoms with van der Waals surface area (Å²) in [7, 11) is 0. The summed E-state index contributed by atoms with van der Waals surface area (Å²) in [5.74, 6) is 0.762. The first kappa shape index (κ1) is 14.8. The lowest BCUT2D eigenvalue weighted by Gasteiger charge is -2.34. The lowest BCUT2D eigenvalue weighted by atomic mass is 10.1. The number of rotatable bonds is 3. The Labute approximate surface area is 127 Å².